The van der Waals surface area contributed by atoms with Crippen molar-refractivity contribution >= 4 is 10.2 Å². The summed E-state index contributed by atoms with van der Waals surface area (Å²) < 4.78 is 28.4. The molecule has 108 valence electrons. The average molecular weight is 294 g/mol. The van der Waals surface area contributed by atoms with Crippen molar-refractivity contribution in [2.24, 2.45) is 0 Å². The Hall–Kier alpha value is -1.70. The van der Waals surface area contributed by atoms with E-state index >= 15 is 0 Å². The molecular weight excluding hydrogens is 276 g/mol. The maximum Gasteiger partial charge on any atom is 0.278 e. The quantitative estimate of drug-likeness (QED) is 0.862. The second kappa shape index (κ2) is 6.17. The van der Waals surface area contributed by atoms with Crippen LogP contribution < -0.4 is 4.72 Å². The largest absolute Gasteiger partial charge is 0.278 e. The average Bonchev–Trinajstić information content (AvgIpc) is 2.88. The molecule has 0 saturated heterocycles. The molecule has 0 radical (unpaired) electrons. The predicted molar refractivity (Wildman–Crippen MR) is 78.3 cm³/mol. The molecule has 6 nitrogen and oxygen atoms in total. The van der Waals surface area contributed by atoms with Gasteiger partial charge in [-0.1, -0.05) is 30.3 Å². The van der Waals surface area contributed by atoms with E-state index < -0.39 is 10.2 Å². The highest BCUT2D eigenvalue weighted by molar-refractivity contribution is 7.87. The van der Waals surface area contributed by atoms with Crippen LogP contribution in [-0.4, -0.2) is 43.1 Å². The van der Waals surface area contributed by atoms with Gasteiger partial charge >= 0.3 is 0 Å². The Morgan fingerprint density at radius 3 is 2.55 bits per heavy atom. The molecule has 0 aliphatic carbocycles. The zero-order chi connectivity index (χ0) is 14.6. The second-order valence-corrected chi connectivity index (χ2v) is 6.51. The van der Waals surface area contributed by atoms with Crippen molar-refractivity contribution in [1.82, 2.24) is 18.8 Å². The number of rotatable bonds is 6. The zero-order valence-corrected chi connectivity index (χ0v) is 12.3. The van der Waals surface area contributed by atoms with Gasteiger partial charge in [-0.15, -0.1) is 0 Å². The highest BCUT2D eigenvalue weighted by Gasteiger charge is 2.11. The first kappa shape index (κ1) is 14.7. The number of nitrogens with zero attached hydrogens (tertiary/aromatic N) is 3. The third-order valence-corrected chi connectivity index (χ3v) is 4.38. The molecule has 0 aliphatic heterocycles. The molecule has 2 rings (SSSR count). The lowest BCUT2D eigenvalue weighted by atomic mass is 10.1. The van der Waals surface area contributed by atoms with Crippen LogP contribution in [0.3, 0.4) is 0 Å². The van der Waals surface area contributed by atoms with Gasteiger partial charge in [0.05, 0.1) is 12.7 Å². The zero-order valence-electron chi connectivity index (χ0n) is 11.5. The van der Waals surface area contributed by atoms with Crippen molar-refractivity contribution in [2.45, 2.75) is 6.54 Å². The number of benzene rings is 1. The third kappa shape index (κ3) is 3.66. The highest BCUT2D eigenvalue weighted by atomic mass is 32.2. The maximum absolute atomic E-state index is 11.5. The summed E-state index contributed by atoms with van der Waals surface area (Å²) in [6.45, 7) is 0.788. The van der Waals surface area contributed by atoms with Gasteiger partial charge in [-0.25, -0.2) is 4.72 Å². The van der Waals surface area contributed by atoms with Gasteiger partial charge < -0.3 is 0 Å². The van der Waals surface area contributed by atoms with Gasteiger partial charge in [0.2, 0.25) is 0 Å². The summed E-state index contributed by atoms with van der Waals surface area (Å²) in [4.78, 5) is 0. The van der Waals surface area contributed by atoms with Crippen molar-refractivity contribution in [1.29, 1.82) is 0 Å². The van der Waals surface area contributed by atoms with Gasteiger partial charge in [-0.3, -0.25) is 4.68 Å². The summed E-state index contributed by atoms with van der Waals surface area (Å²) in [5.74, 6) is 0. The molecule has 0 aliphatic rings. The van der Waals surface area contributed by atoms with E-state index in [0.29, 0.717) is 13.1 Å². The topological polar surface area (TPSA) is 67.2 Å². The number of nitrogens with one attached hydrogen (secondary N) is 1. The molecule has 0 atom stereocenters. The van der Waals surface area contributed by atoms with E-state index in [4.69, 9.17) is 0 Å². The van der Waals surface area contributed by atoms with E-state index in [1.54, 1.807) is 10.9 Å². The van der Waals surface area contributed by atoms with E-state index in [1.165, 1.54) is 14.1 Å². The van der Waals surface area contributed by atoms with Gasteiger partial charge in [0, 0.05) is 32.4 Å². The van der Waals surface area contributed by atoms with Gasteiger partial charge in [0.15, 0.2) is 0 Å². The van der Waals surface area contributed by atoms with Crippen molar-refractivity contribution in [3.63, 3.8) is 0 Å². The predicted octanol–water partition coefficient (Wildman–Crippen LogP) is 0.946. The van der Waals surface area contributed by atoms with Crippen molar-refractivity contribution < 1.29 is 8.42 Å². The van der Waals surface area contributed by atoms with Crippen molar-refractivity contribution in [3.05, 3.63) is 42.7 Å². The fraction of sp³-hybridized carbons (Fsp3) is 0.308. The van der Waals surface area contributed by atoms with Crippen molar-refractivity contribution in [3.8, 4) is 11.1 Å². The van der Waals surface area contributed by atoms with Crippen LogP contribution in [0.4, 0.5) is 0 Å². The lowest BCUT2D eigenvalue weighted by molar-refractivity contribution is 0.497. The Morgan fingerprint density at radius 2 is 1.90 bits per heavy atom. The fourth-order valence-corrected chi connectivity index (χ4v) is 2.29. The normalized spacial score (nSPS) is 11.9. The summed E-state index contributed by atoms with van der Waals surface area (Å²) in [5, 5.41) is 4.23. The first-order valence-electron chi connectivity index (χ1n) is 6.24. The molecule has 0 saturated carbocycles. The molecule has 7 heteroatoms. The molecular formula is C13H18N4O2S. The van der Waals surface area contributed by atoms with Crippen LogP contribution in [0.25, 0.3) is 11.1 Å². The fourth-order valence-electron chi connectivity index (χ4n) is 1.68. The van der Waals surface area contributed by atoms with Gasteiger partial charge in [0.25, 0.3) is 10.2 Å². The molecule has 0 unspecified atom stereocenters. The van der Waals surface area contributed by atoms with Gasteiger partial charge in [-0.05, 0) is 5.56 Å². The third-order valence-electron chi connectivity index (χ3n) is 2.85. The maximum atomic E-state index is 11.5. The number of aromatic nitrogens is 2. The molecule has 1 N–H and O–H groups in total. The van der Waals surface area contributed by atoms with Crippen LogP contribution in [0.15, 0.2) is 42.7 Å². The molecule has 1 heterocycles. The molecule has 0 bridgehead atoms. The summed E-state index contributed by atoms with van der Waals surface area (Å²) in [7, 11) is -0.392. The minimum absolute atomic E-state index is 0.302. The summed E-state index contributed by atoms with van der Waals surface area (Å²) in [5.41, 5.74) is 2.11. The Kier molecular flexibility index (Phi) is 4.53. The van der Waals surface area contributed by atoms with E-state index in [2.05, 4.69) is 9.82 Å². The highest BCUT2D eigenvalue weighted by Crippen LogP contribution is 2.17. The molecule has 0 amide bonds. The van der Waals surface area contributed by atoms with Crippen LogP contribution in [-0.2, 0) is 16.8 Å². The SMILES string of the molecule is CN(C)S(=O)(=O)NCCn1cc(-c2ccccc2)cn1. The number of hydrogen-bond donors (Lipinski definition) is 1. The van der Waals surface area contributed by atoms with Gasteiger partial charge in [0.1, 0.15) is 0 Å². The van der Waals surface area contributed by atoms with Gasteiger partial charge in [-0.2, -0.15) is 17.8 Å². The van der Waals surface area contributed by atoms with Crippen LogP contribution >= 0.6 is 0 Å². The summed E-state index contributed by atoms with van der Waals surface area (Å²) >= 11 is 0. The molecule has 0 spiro atoms. The molecule has 1 aromatic carbocycles. The molecule has 1 aromatic heterocycles. The van der Waals surface area contributed by atoms with Crippen molar-refractivity contribution in [2.75, 3.05) is 20.6 Å². The van der Waals surface area contributed by atoms with E-state index in [-0.39, 0.29) is 0 Å². The summed E-state index contributed by atoms with van der Waals surface area (Å²) in [6.07, 6.45) is 3.68. The Morgan fingerprint density at radius 1 is 1.20 bits per heavy atom. The van der Waals surface area contributed by atoms with E-state index in [1.807, 2.05) is 36.5 Å². The molecule has 20 heavy (non-hydrogen) atoms. The monoisotopic (exact) mass is 294 g/mol. The minimum atomic E-state index is -3.37. The van der Waals surface area contributed by atoms with Crippen LogP contribution in [0.1, 0.15) is 0 Å². The lowest BCUT2D eigenvalue weighted by Gasteiger charge is -2.12. The standard InChI is InChI=1S/C13H18N4O2S/c1-16(2)20(18,19)15-8-9-17-11-13(10-14-17)12-6-4-3-5-7-12/h3-7,10-11,15H,8-9H2,1-2H3. The van der Waals surface area contributed by atoms with E-state index in [0.717, 1.165) is 15.4 Å². The lowest BCUT2D eigenvalue weighted by Crippen LogP contribution is -2.37. The second-order valence-electron chi connectivity index (χ2n) is 4.54. The number of hydrogen-bond acceptors (Lipinski definition) is 3. The molecule has 2 aromatic rings. The smallest absolute Gasteiger partial charge is 0.271 e. The van der Waals surface area contributed by atoms with Crippen LogP contribution in [0.5, 0.6) is 0 Å². The Bertz CT molecular complexity index is 650. The first-order valence-corrected chi connectivity index (χ1v) is 7.68. The first-order chi connectivity index (χ1) is 9.49. The Balaban J connectivity index is 1.94. The Labute approximate surface area is 119 Å². The van der Waals surface area contributed by atoms with E-state index in [9.17, 15) is 8.42 Å². The van der Waals surface area contributed by atoms with Crippen LogP contribution in [0.2, 0.25) is 0 Å². The van der Waals surface area contributed by atoms with Crippen LogP contribution in [0, 0.1) is 0 Å². The summed E-state index contributed by atoms with van der Waals surface area (Å²) in [6, 6.07) is 9.92. The molecule has 0 fully saturated rings. The minimum Gasteiger partial charge on any atom is -0.271 e.